The second kappa shape index (κ2) is 6.26. The Kier molecular flexibility index (Phi) is 4.00. The second-order valence-electron chi connectivity index (χ2n) is 4.98. The van der Waals surface area contributed by atoms with Crippen molar-refractivity contribution >= 4 is 0 Å². The molecule has 1 aromatic carbocycles. The summed E-state index contributed by atoms with van der Waals surface area (Å²) in [6, 6.07) is 12.9. The summed E-state index contributed by atoms with van der Waals surface area (Å²) in [6.07, 6.45) is 4.28. The molecule has 1 N–H and O–H groups in total. The Morgan fingerprint density at radius 3 is 2.68 bits per heavy atom. The maximum Gasteiger partial charge on any atom is 0.292 e. The lowest BCUT2D eigenvalue weighted by Gasteiger charge is -2.05. The number of benzene rings is 1. The molecule has 0 unspecified atom stereocenters. The first-order valence-electron chi connectivity index (χ1n) is 7.08. The molecule has 0 aliphatic heterocycles. The smallest absolute Gasteiger partial charge is 0.292 e. The predicted molar refractivity (Wildman–Crippen MR) is 82.4 cm³/mol. The molecule has 0 saturated heterocycles. The summed E-state index contributed by atoms with van der Waals surface area (Å²) in [4.78, 5) is 11.7. The number of aromatic nitrogens is 4. The van der Waals surface area contributed by atoms with Crippen LogP contribution in [-0.2, 0) is 13.1 Å². The lowest BCUT2D eigenvalue weighted by atomic mass is 10.2. The van der Waals surface area contributed by atoms with Crippen molar-refractivity contribution in [1.82, 2.24) is 19.6 Å². The summed E-state index contributed by atoms with van der Waals surface area (Å²) in [6.45, 7) is 1.18. The van der Waals surface area contributed by atoms with Crippen molar-refractivity contribution < 1.29 is 5.11 Å². The summed E-state index contributed by atoms with van der Waals surface area (Å²) < 4.78 is 3.25. The molecule has 6 heteroatoms. The van der Waals surface area contributed by atoms with Gasteiger partial charge in [0.2, 0.25) is 0 Å². The van der Waals surface area contributed by atoms with Gasteiger partial charge in [0.15, 0.2) is 5.75 Å². The normalized spacial score (nSPS) is 10.7. The van der Waals surface area contributed by atoms with Crippen LogP contribution >= 0.6 is 0 Å². The van der Waals surface area contributed by atoms with Crippen molar-refractivity contribution in [2.75, 3.05) is 0 Å². The number of hydrogen-bond donors (Lipinski definition) is 1. The molecule has 0 amide bonds. The van der Waals surface area contributed by atoms with Crippen LogP contribution in [0.5, 0.6) is 5.75 Å². The van der Waals surface area contributed by atoms with E-state index in [0.29, 0.717) is 13.1 Å². The average molecular weight is 296 g/mol. The molecule has 0 fully saturated rings. The third-order valence-electron chi connectivity index (χ3n) is 3.39. The highest BCUT2D eigenvalue weighted by Crippen LogP contribution is 2.14. The van der Waals surface area contributed by atoms with Crippen LogP contribution in [0.2, 0.25) is 0 Å². The Labute approximate surface area is 127 Å². The van der Waals surface area contributed by atoms with Crippen molar-refractivity contribution in [3.63, 3.8) is 0 Å². The highest BCUT2D eigenvalue weighted by molar-refractivity contribution is 5.57. The topological polar surface area (TPSA) is 72.9 Å². The molecule has 112 valence electrons. The van der Waals surface area contributed by atoms with Gasteiger partial charge in [0.25, 0.3) is 5.56 Å². The fourth-order valence-electron chi connectivity index (χ4n) is 2.25. The van der Waals surface area contributed by atoms with E-state index in [1.54, 1.807) is 16.9 Å². The van der Waals surface area contributed by atoms with E-state index in [1.165, 1.54) is 10.6 Å². The van der Waals surface area contributed by atoms with Gasteiger partial charge >= 0.3 is 0 Å². The minimum atomic E-state index is -0.369. The van der Waals surface area contributed by atoms with Crippen molar-refractivity contribution in [3.05, 3.63) is 65.2 Å². The number of rotatable bonds is 5. The van der Waals surface area contributed by atoms with Gasteiger partial charge in [-0.3, -0.25) is 9.48 Å². The minimum Gasteiger partial charge on any atom is -0.503 e. The number of nitrogens with zero attached hydrogens (tertiary/aromatic N) is 4. The van der Waals surface area contributed by atoms with Crippen LogP contribution in [0.3, 0.4) is 0 Å². The van der Waals surface area contributed by atoms with Gasteiger partial charge in [-0.05, 0) is 18.6 Å². The van der Waals surface area contributed by atoms with E-state index < -0.39 is 0 Å². The van der Waals surface area contributed by atoms with E-state index >= 15 is 0 Å². The van der Waals surface area contributed by atoms with E-state index in [2.05, 4.69) is 10.3 Å². The summed E-state index contributed by atoms with van der Waals surface area (Å²) in [5.41, 5.74) is 1.49. The zero-order chi connectivity index (χ0) is 15.4. The van der Waals surface area contributed by atoms with Crippen molar-refractivity contribution in [1.29, 1.82) is 0 Å². The van der Waals surface area contributed by atoms with Gasteiger partial charge < -0.3 is 9.67 Å². The Morgan fingerprint density at radius 2 is 1.86 bits per heavy atom. The van der Waals surface area contributed by atoms with Crippen molar-refractivity contribution in [3.8, 4) is 17.0 Å². The lowest BCUT2D eigenvalue weighted by Crippen LogP contribution is -2.19. The van der Waals surface area contributed by atoms with Crippen LogP contribution in [0.4, 0.5) is 0 Å². The number of aryl methyl sites for hydroxylation is 2. The van der Waals surface area contributed by atoms with E-state index in [4.69, 9.17) is 0 Å². The summed E-state index contributed by atoms with van der Waals surface area (Å²) in [7, 11) is 0. The van der Waals surface area contributed by atoms with Gasteiger partial charge in [0.1, 0.15) is 5.69 Å². The highest BCUT2D eigenvalue weighted by Gasteiger charge is 2.04. The van der Waals surface area contributed by atoms with E-state index in [0.717, 1.165) is 17.7 Å². The molecule has 0 spiro atoms. The molecule has 2 heterocycles. The molecule has 3 aromatic rings. The maximum absolute atomic E-state index is 11.7. The van der Waals surface area contributed by atoms with Gasteiger partial charge in [-0.1, -0.05) is 35.5 Å². The molecule has 6 nitrogen and oxygen atoms in total. The van der Waals surface area contributed by atoms with E-state index in [1.807, 2.05) is 36.5 Å². The summed E-state index contributed by atoms with van der Waals surface area (Å²) in [5.74, 6) is -0.227. The fourth-order valence-corrected chi connectivity index (χ4v) is 2.25. The number of hydrogen-bond acceptors (Lipinski definition) is 4. The molecule has 0 aliphatic rings. The van der Waals surface area contributed by atoms with Crippen LogP contribution in [0, 0.1) is 0 Å². The molecule has 2 aromatic heterocycles. The summed E-state index contributed by atoms with van der Waals surface area (Å²) in [5, 5.41) is 17.6. The fraction of sp³-hybridized carbons (Fsp3) is 0.188. The molecule has 0 atom stereocenters. The van der Waals surface area contributed by atoms with Gasteiger partial charge in [-0.15, -0.1) is 5.10 Å². The predicted octanol–water partition coefficient (Wildman–Crippen LogP) is 1.90. The maximum atomic E-state index is 11.7. The molecule has 0 saturated carbocycles. The molecule has 0 radical (unpaired) electrons. The third-order valence-corrected chi connectivity index (χ3v) is 3.39. The third kappa shape index (κ3) is 3.06. The molecule has 3 rings (SSSR count). The number of aromatic hydroxyl groups is 1. The largest absolute Gasteiger partial charge is 0.503 e. The van der Waals surface area contributed by atoms with Crippen molar-refractivity contribution in [2.45, 2.75) is 19.5 Å². The highest BCUT2D eigenvalue weighted by atomic mass is 16.3. The van der Waals surface area contributed by atoms with Gasteiger partial charge in [-0.2, -0.15) is 0 Å². The first-order chi connectivity index (χ1) is 10.7. The zero-order valence-electron chi connectivity index (χ0n) is 12.0. The summed E-state index contributed by atoms with van der Waals surface area (Å²) >= 11 is 0. The number of pyridine rings is 1. The monoisotopic (exact) mass is 296 g/mol. The van der Waals surface area contributed by atoms with Crippen LogP contribution in [-0.4, -0.2) is 24.7 Å². The Bertz CT molecular complexity index is 808. The Balaban J connectivity index is 1.62. The van der Waals surface area contributed by atoms with E-state index in [9.17, 15) is 9.90 Å². The van der Waals surface area contributed by atoms with Crippen LogP contribution in [0.1, 0.15) is 6.42 Å². The van der Waals surface area contributed by atoms with Gasteiger partial charge in [0, 0.05) is 24.8 Å². The SMILES string of the molecule is O=c1c(O)cccn1CCCn1cc(-c2ccccc2)nn1. The zero-order valence-corrected chi connectivity index (χ0v) is 12.0. The van der Waals surface area contributed by atoms with Gasteiger partial charge in [0.05, 0.1) is 6.20 Å². The standard InChI is InChI=1S/C16H16N4O2/c21-15-8-4-9-19(16(15)22)10-5-11-20-12-14(17-18-20)13-6-2-1-3-7-13/h1-4,6-9,12,21H,5,10-11H2. The average Bonchev–Trinajstić information content (AvgIpc) is 3.01. The van der Waals surface area contributed by atoms with Crippen LogP contribution in [0.15, 0.2) is 59.7 Å². The van der Waals surface area contributed by atoms with Gasteiger partial charge in [-0.25, -0.2) is 0 Å². The Hall–Kier alpha value is -2.89. The second-order valence-corrected chi connectivity index (χ2v) is 4.98. The molecule has 0 aliphatic carbocycles. The molecule has 22 heavy (non-hydrogen) atoms. The Morgan fingerprint density at radius 1 is 1.05 bits per heavy atom. The van der Waals surface area contributed by atoms with Crippen LogP contribution < -0.4 is 5.56 Å². The van der Waals surface area contributed by atoms with E-state index in [-0.39, 0.29) is 11.3 Å². The first-order valence-corrected chi connectivity index (χ1v) is 7.08. The lowest BCUT2D eigenvalue weighted by molar-refractivity contribution is 0.449. The minimum absolute atomic E-state index is 0.227. The molecular weight excluding hydrogens is 280 g/mol. The van der Waals surface area contributed by atoms with Crippen molar-refractivity contribution in [2.24, 2.45) is 0 Å². The quantitative estimate of drug-likeness (QED) is 0.780. The first kappa shape index (κ1) is 14.1. The molecule has 0 bridgehead atoms. The van der Waals surface area contributed by atoms with Crippen LogP contribution in [0.25, 0.3) is 11.3 Å². The molecular formula is C16H16N4O2.